The Morgan fingerprint density at radius 2 is 0.891 bits per heavy atom. The molecule has 0 amide bonds. The minimum Gasteiger partial charge on any atom is -0.455 e. The molecule has 0 N–H and O–H groups in total. The Morgan fingerprint density at radius 1 is 0.309 bits per heavy atom. The summed E-state index contributed by atoms with van der Waals surface area (Å²) in [5, 5.41) is 6.79. The van der Waals surface area contributed by atoms with E-state index < -0.39 is 0 Å². The molecule has 55 heavy (non-hydrogen) atoms. The molecular formula is C52H33NO2. The molecule has 3 nitrogen and oxygen atoms in total. The summed E-state index contributed by atoms with van der Waals surface area (Å²) in [5.41, 5.74) is 13.3. The molecule has 9 aromatic carbocycles. The van der Waals surface area contributed by atoms with E-state index in [1.807, 2.05) is 18.2 Å². The molecule has 2 aromatic heterocycles. The van der Waals surface area contributed by atoms with Crippen molar-refractivity contribution in [3.8, 4) is 33.4 Å². The fourth-order valence-corrected chi connectivity index (χ4v) is 8.37. The summed E-state index contributed by atoms with van der Waals surface area (Å²) in [6.07, 6.45) is 0. The number of nitrogens with zero attached hydrogens (tertiary/aromatic N) is 1. The van der Waals surface area contributed by atoms with Gasteiger partial charge in [0.25, 0.3) is 0 Å². The fraction of sp³-hybridized carbons (Fsp3) is 0. The van der Waals surface area contributed by atoms with Gasteiger partial charge in [-0.05, 0) is 69.9 Å². The van der Waals surface area contributed by atoms with E-state index in [2.05, 4.69) is 187 Å². The van der Waals surface area contributed by atoms with E-state index in [-0.39, 0.29) is 0 Å². The van der Waals surface area contributed by atoms with Crippen LogP contribution in [-0.4, -0.2) is 0 Å². The van der Waals surface area contributed by atoms with Crippen molar-refractivity contribution in [2.75, 3.05) is 4.90 Å². The molecule has 0 spiro atoms. The Labute approximate surface area is 317 Å². The van der Waals surface area contributed by atoms with Crippen LogP contribution in [0.2, 0.25) is 0 Å². The average Bonchev–Trinajstić information content (AvgIpc) is 3.84. The van der Waals surface area contributed by atoms with Crippen LogP contribution in [0.4, 0.5) is 17.1 Å². The predicted molar refractivity (Wildman–Crippen MR) is 229 cm³/mol. The first-order valence-corrected chi connectivity index (χ1v) is 18.7. The molecule has 0 fully saturated rings. The predicted octanol–water partition coefficient (Wildman–Crippen LogP) is 15.1. The molecule has 2 heterocycles. The third-order valence-corrected chi connectivity index (χ3v) is 10.9. The molecule has 11 aromatic rings. The highest BCUT2D eigenvalue weighted by molar-refractivity contribution is 6.19. The highest BCUT2D eigenvalue weighted by Gasteiger charge is 2.24. The van der Waals surface area contributed by atoms with Gasteiger partial charge in [-0.3, -0.25) is 0 Å². The zero-order chi connectivity index (χ0) is 36.3. The van der Waals surface area contributed by atoms with Crippen molar-refractivity contribution < 1.29 is 8.83 Å². The van der Waals surface area contributed by atoms with Crippen molar-refractivity contribution in [2.24, 2.45) is 0 Å². The van der Waals surface area contributed by atoms with Crippen molar-refractivity contribution >= 4 is 71.7 Å². The van der Waals surface area contributed by atoms with Gasteiger partial charge in [0, 0.05) is 38.5 Å². The van der Waals surface area contributed by atoms with Gasteiger partial charge in [-0.2, -0.15) is 0 Å². The molecule has 0 saturated carbocycles. The van der Waals surface area contributed by atoms with Crippen molar-refractivity contribution in [1.82, 2.24) is 0 Å². The minimum atomic E-state index is 0.858. The Balaban J connectivity index is 1.16. The van der Waals surface area contributed by atoms with E-state index in [0.717, 1.165) is 94.3 Å². The van der Waals surface area contributed by atoms with Gasteiger partial charge in [0.15, 0.2) is 0 Å². The van der Waals surface area contributed by atoms with Crippen molar-refractivity contribution in [1.29, 1.82) is 0 Å². The molecule has 0 radical (unpaired) electrons. The molecule has 258 valence electrons. The monoisotopic (exact) mass is 703 g/mol. The summed E-state index contributed by atoms with van der Waals surface area (Å²) >= 11 is 0. The van der Waals surface area contributed by atoms with Crippen LogP contribution in [0.5, 0.6) is 0 Å². The third kappa shape index (κ3) is 5.05. The number of benzene rings is 9. The van der Waals surface area contributed by atoms with Gasteiger partial charge < -0.3 is 13.7 Å². The van der Waals surface area contributed by atoms with E-state index >= 15 is 0 Å². The second kappa shape index (κ2) is 12.6. The van der Waals surface area contributed by atoms with Crippen LogP contribution < -0.4 is 4.90 Å². The SMILES string of the molecule is c1ccc(-c2ccccc2N(c2ccc(-c3cccc4c3oc3ccccc34)cc2)c2ccc(-c3cccc4ccccc34)c3oc4ccccc4c23)cc1. The zero-order valence-electron chi connectivity index (χ0n) is 29.8. The molecule has 0 aliphatic rings. The van der Waals surface area contributed by atoms with Crippen LogP contribution in [-0.2, 0) is 0 Å². The van der Waals surface area contributed by atoms with Crippen molar-refractivity contribution in [3.05, 3.63) is 200 Å². The quantitative estimate of drug-likeness (QED) is 0.173. The number of furan rings is 2. The Bertz CT molecular complexity index is 3200. The van der Waals surface area contributed by atoms with Crippen LogP contribution >= 0.6 is 0 Å². The maximum absolute atomic E-state index is 6.87. The molecule has 11 rings (SSSR count). The number of rotatable bonds is 6. The number of fused-ring (bicyclic) bond motifs is 7. The van der Waals surface area contributed by atoms with Crippen molar-refractivity contribution in [3.63, 3.8) is 0 Å². The number of hydrogen-bond acceptors (Lipinski definition) is 3. The van der Waals surface area contributed by atoms with E-state index in [0.29, 0.717) is 0 Å². The Hall–Kier alpha value is -7.36. The first-order chi connectivity index (χ1) is 27.3. The van der Waals surface area contributed by atoms with Gasteiger partial charge in [-0.1, -0.05) is 158 Å². The van der Waals surface area contributed by atoms with Gasteiger partial charge in [0.1, 0.15) is 22.3 Å². The Kier molecular flexibility index (Phi) is 7.17. The van der Waals surface area contributed by atoms with Crippen LogP contribution in [0.3, 0.4) is 0 Å². The fourth-order valence-electron chi connectivity index (χ4n) is 8.37. The molecule has 0 aliphatic carbocycles. The molecular weight excluding hydrogens is 671 g/mol. The zero-order valence-corrected chi connectivity index (χ0v) is 29.8. The molecule has 0 atom stereocenters. The van der Waals surface area contributed by atoms with Crippen molar-refractivity contribution in [2.45, 2.75) is 0 Å². The second-order valence-corrected chi connectivity index (χ2v) is 14.0. The lowest BCUT2D eigenvalue weighted by molar-refractivity contribution is 0.669. The summed E-state index contributed by atoms with van der Waals surface area (Å²) < 4.78 is 13.3. The Morgan fingerprint density at radius 3 is 1.75 bits per heavy atom. The van der Waals surface area contributed by atoms with Gasteiger partial charge >= 0.3 is 0 Å². The lowest BCUT2D eigenvalue weighted by Gasteiger charge is -2.29. The first kappa shape index (κ1) is 31.2. The van der Waals surface area contributed by atoms with E-state index in [1.165, 1.54) is 10.8 Å². The molecule has 0 bridgehead atoms. The summed E-state index contributed by atoms with van der Waals surface area (Å²) in [6, 6.07) is 70.8. The molecule has 0 saturated heterocycles. The van der Waals surface area contributed by atoms with Gasteiger partial charge in [-0.15, -0.1) is 0 Å². The highest BCUT2D eigenvalue weighted by atomic mass is 16.3. The normalized spacial score (nSPS) is 11.6. The minimum absolute atomic E-state index is 0.858. The maximum Gasteiger partial charge on any atom is 0.145 e. The van der Waals surface area contributed by atoms with Crippen LogP contribution in [0, 0.1) is 0 Å². The molecule has 3 heteroatoms. The van der Waals surface area contributed by atoms with Crippen LogP contribution in [0.1, 0.15) is 0 Å². The highest BCUT2D eigenvalue weighted by Crippen LogP contribution is 2.49. The summed E-state index contributed by atoms with van der Waals surface area (Å²) in [5.74, 6) is 0. The topological polar surface area (TPSA) is 29.5 Å². The maximum atomic E-state index is 6.87. The first-order valence-electron chi connectivity index (χ1n) is 18.7. The second-order valence-electron chi connectivity index (χ2n) is 14.0. The standard InChI is InChI=1S/C52H33NO2/c1-2-14-35(15-3-1)39-19-6-9-25-46(39)53(37-30-28-36(29-31-37)40-22-13-24-43-42-20-7-10-26-48(42)54-51(40)43)47-33-32-44(41-23-12-17-34-16-4-5-18-38(34)41)52-50(47)45-21-8-11-27-49(45)55-52/h1-33H. The number of para-hydroxylation sites is 4. The van der Waals surface area contributed by atoms with Crippen LogP contribution in [0.15, 0.2) is 209 Å². The molecule has 0 unspecified atom stereocenters. The summed E-state index contributed by atoms with van der Waals surface area (Å²) in [7, 11) is 0. The van der Waals surface area contributed by atoms with Gasteiger partial charge in [0.2, 0.25) is 0 Å². The van der Waals surface area contributed by atoms with E-state index in [9.17, 15) is 0 Å². The van der Waals surface area contributed by atoms with Gasteiger partial charge in [0.05, 0.1) is 16.8 Å². The molecule has 0 aliphatic heterocycles. The lowest BCUT2D eigenvalue weighted by atomic mass is 9.95. The number of hydrogen-bond donors (Lipinski definition) is 0. The lowest BCUT2D eigenvalue weighted by Crippen LogP contribution is -2.11. The summed E-state index contributed by atoms with van der Waals surface area (Å²) in [6.45, 7) is 0. The van der Waals surface area contributed by atoms with E-state index in [1.54, 1.807) is 0 Å². The van der Waals surface area contributed by atoms with Crippen LogP contribution in [0.25, 0.3) is 88.0 Å². The third-order valence-electron chi connectivity index (χ3n) is 10.9. The van der Waals surface area contributed by atoms with Gasteiger partial charge in [-0.25, -0.2) is 0 Å². The summed E-state index contributed by atoms with van der Waals surface area (Å²) in [4.78, 5) is 2.39. The smallest absolute Gasteiger partial charge is 0.145 e. The van der Waals surface area contributed by atoms with E-state index in [4.69, 9.17) is 8.83 Å². The average molecular weight is 704 g/mol. The largest absolute Gasteiger partial charge is 0.455 e. The number of anilines is 3.